The highest BCUT2D eigenvalue weighted by Gasteiger charge is 2.53. The molecule has 4 fully saturated rings. The van der Waals surface area contributed by atoms with Gasteiger partial charge in [-0.2, -0.15) is 5.10 Å². The number of nitrogens with zero attached hydrogens (tertiary/aromatic N) is 2. The average molecular weight is 356 g/mol. The van der Waals surface area contributed by atoms with Gasteiger partial charge in [-0.05, 0) is 68.4 Å². The number of ether oxygens (including phenoxy) is 1. The fourth-order valence-corrected chi connectivity index (χ4v) is 6.86. The Morgan fingerprint density at radius 2 is 1.80 bits per heavy atom. The van der Waals surface area contributed by atoms with Crippen molar-refractivity contribution in [1.29, 1.82) is 0 Å². The lowest BCUT2D eigenvalue weighted by Gasteiger charge is -2.57. The van der Waals surface area contributed by atoms with E-state index in [-0.39, 0.29) is 0 Å². The van der Waals surface area contributed by atoms with Crippen LogP contribution < -0.4 is 10.2 Å². The average Bonchev–Trinajstić information content (AvgIpc) is 2.61. The Kier molecular flexibility index (Phi) is 3.81. The number of rotatable bonds is 3. The summed E-state index contributed by atoms with van der Waals surface area (Å²) in [7, 11) is 1.68. The van der Waals surface area contributed by atoms with E-state index >= 15 is 0 Å². The molecule has 4 nitrogen and oxygen atoms in total. The molecule has 1 N–H and O–H groups in total. The van der Waals surface area contributed by atoms with Crippen molar-refractivity contribution in [3.05, 3.63) is 24.3 Å². The fourth-order valence-electron chi connectivity index (χ4n) is 5.94. The minimum absolute atomic E-state index is 0.394. The van der Waals surface area contributed by atoms with Crippen LogP contribution in [-0.2, 0) is 0 Å². The molecule has 132 valence electrons. The Balaban J connectivity index is 1.36. The lowest BCUT2D eigenvalue weighted by Crippen LogP contribution is -2.51. The van der Waals surface area contributed by atoms with Crippen LogP contribution in [0.3, 0.4) is 0 Å². The van der Waals surface area contributed by atoms with Gasteiger partial charge in [-0.1, -0.05) is 23.9 Å². The van der Waals surface area contributed by atoms with Crippen LogP contribution in [-0.4, -0.2) is 23.7 Å². The van der Waals surface area contributed by atoms with Gasteiger partial charge in [0.05, 0.1) is 12.8 Å². The Bertz CT molecular complexity index is 707. The van der Waals surface area contributed by atoms with Crippen molar-refractivity contribution in [2.75, 3.05) is 12.9 Å². The van der Waals surface area contributed by atoms with E-state index in [1.54, 1.807) is 18.9 Å². The number of nitrogens with one attached hydrogen (secondary N) is 1. The normalized spacial score (nSPS) is 37.7. The van der Waals surface area contributed by atoms with Crippen LogP contribution in [0.25, 0.3) is 0 Å². The van der Waals surface area contributed by atoms with Crippen LogP contribution in [0.15, 0.2) is 34.4 Å². The number of hydrogen-bond donors (Lipinski definition) is 1. The Labute approximate surface area is 153 Å². The van der Waals surface area contributed by atoms with E-state index in [1.807, 2.05) is 24.3 Å². The van der Waals surface area contributed by atoms with Gasteiger partial charge in [-0.3, -0.25) is 5.43 Å². The maximum Gasteiger partial charge on any atom is 0.182 e. The van der Waals surface area contributed by atoms with Crippen LogP contribution >= 0.6 is 11.8 Å². The largest absolute Gasteiger partial charge is 0.494 e. The first-order valence-electron chi connectivity index (χ1n) is 9.42. The number of para-hydroxylation sites is 2. The summed E-state index contributed by atoms with van der Waals surface area (Å²) in [5.41, 5.74) is 5.89. The molecule has 1 heterocycles. The van der Waals surface area contributed by atoms with Crippen LogP contribution in [0.1, 0.15) is 38.5 Å². The molecule has 25 heavy (non-hydrogen) atoms. The molecule has 0 radical (unpaired) electrons. The van der Waals surface area contributed by atoms with E-state index in [0.717, 1.165) is 40.1 Å². The van der Waals surface area contributed by atoms with Crippen LogP contribution in [0.4, 0.5) is 5.69 Å². The maximum absolute atomic E-state index is 5.39. The van der Waals surface area contributed by atoms with E-state index in [9.17, 15) is 0 Å². The zero-order valence-electron chi connectivity index (χ0n) is 14.7. The van der Waals surface area contributed by atoms with E-state index in [1.165, 1.54) is 44.2 Å². The van der Waals surface area contributed by atoms with E-state index in [2.05, 4.69) is 5.43 Å². The van der Waals surface area contributed by atoms with Gasteiger partial charge >= 0.3 is 0 Å². The molecule has 1 aromatic carbocycles. The van der Waals surface area contributed by atoms with E-state index in [0.29, 0.717) is 5.41 Å². The van der Waals surface area contributed by atoms with Gasteiger partial charge < -0.3 is 4.74 Å². The SMILES string of the molecule is COc1ccccc1N=C1NN=C(C23CC4CC(CC(C4)C2)C3)CS1. The van der Waals surface area contributed by atoms with Crippen LogP contribution in [0.5, 0.6) is 5.75 Å². The fraction of sp³-hybridized carbons (Fsp3) is 0.600. The monoisotopic (exact) mass is 355 g/mol. The predicted octanol–water partition coefficient (Wildman–Crippen LogP) is 4.59. The smallest absolute Gasteiger partial charge is 0.182 e. The number of thioether (sulfide) groups is 1. The summed E-state index contributed by atoms with van der Waals surface area (Å²) < 4.78 is 5.39. The lowest BCUT2D eigenvalue weighted by atomic mass is 9.48. The number of aliphatic imine (C=N–C) groups is 1. The summed E-state index contributed by atoms with van der Waals surface area (Å²) in [6.07, 6.45) is 8.56. The maximum atomic E-state index is 5.39. The van der Waals surface area contributed by atoms with Crippen molar-refractivity contribution in [2.45, 2.75) is 38.5 Å². The molecule has 0 unspecified atom stereocenters. The molecule has 4 bridgehead atoms. The number of hydrogen-bond acceptors (Lipinski definition) is 4. The summed E-state index contributed by atoms with van der Waals surface area (Å²) >= 11 is 1.79. The van der Waals surface area contributed by atoms with Crippen molar-refractivity contribution in [3.8, 4) is 5.75 Å². The van der Waals surface area contributed by atoms with Gasteiger partial charge in [0, 0.05) is 11.2 Å². The van der Waals surface area contributed by atoms with E-state index < -0.39 is 0 Å². The first-order chi connectivity index (χ1) is 12.2. The third kappa shape index (κ3) is 2.77. The van der Waals surface area contributed by atoms with Crippen molar-refractivity contribution in [1.82, 2.24) is 5.43 Å². The molecule has 4 aliphatic carbocycles. The highest BCUT2D eigenvalue weighted by molar-refractivity contribution is 8.14. The first kappa shape index (κ1) is 15.7. The first-order valence-corrected chi connectivity index (χ1v) is 10.4. The Morgan fingerprint density at radius 1 is 1.12 bits per heavy atom. The Morgan fingerprint density at radius 3 is 2.40 bits per heavy atom. The lowest BCUT2D eigenvalue weighted by molar-refractivity contribution is -0.0126. The van der Waals surface area contributed by atoms with E-state index in [4.69, 9.17) is 14.8 Å². The third-order valence-electron chi connectivity index (χ3n) is 6.59. The predicted molar refractivity (Wildman–Crippen MR) is 104 cm³/mol. The van der Waals surface area contributed by atoms with Crippen molar-refractivity contribution in [2.24, 2.45) is 33.3 Å². The third-order valence-corrected chi connectivity index (χ3v) is 7.46. The number of benzene rings is 1. The molecular weight excluding hydrogens is 330 g/mol. The van der Waals surface area contributed by atoms with Gasteiger partial charge in [0.15, 0.2) is 5.17 Å². The summed E-state index contributed by atoms with van der Waals surface area (Å²) in [5.74, 6) is 4.66. The zero-order chi connectivity index (χ0) is 16.9. The minimum atomic E-state index is 0.394. The van der Waals surface area contributed by atoms with Crippen LogP contribution in [0, 0.1) is 23.2 Å². The molecule has 1 aliphatic heterocycles. The molecule has 0 spiro atoms. The molecule has 0 amide bonds. The molecule has 1 aromatic rings. The highest BCUT2D eigenvalue weighted by Crippen LogP contribution is 2.60. The Hall–Kier alpha value is -1.49. The summed E-state index contributed by atoms with van der Waals surface area (Å²) in [4.78, 5) is 4.71. The molecular formula is C20H25N3OS. The highest BCUT2D eigenvalue weighted by atomic mass is 32.2. The molecule has 0 atom stereocenters. The number of amidine groups is 1. The molecule has 0 saturated heterocycles. The summed E-state index contributed by atoms with van der Waals surface area (Å²) in [5, 5.41) is 5.70. The topological polar surface area (TPSA) is 46.0 Å². The van der Waals surface area contributed by atoms with Crippen molar-refractivity contribution in [3.63, 3.8) is 0 Å². The number of hydrazone groups is 1. The summed E-state index contributed by atoms with van der Waals surface area (Å²) in [6, 6.07) is 7.87. The quantitative estimate of drug-likeness (QED) is 0.862. The second-order valence-electron chi connectivity index (χ2n) is 8.25. The van der Waals surface area contributed by atoms with Gasteiger partial charge in [0.2, 0.25) is 0 Å². The van der Waals surface area contributed by atoms with Crippen molar-refractivity contribution >= 4 is 28.3 Å². The standard InChI is InChI=1S/C20H25N3OS/c1-24-17-5-3-2-4-16(17)21-19-23-22-18(12-25-19)20-9-13-6-14(10-20)8-15(7-13)11-20/h2-5,13-15H,6-12H2,1H3,(H,21,23). The second kappa shape index (κ2) is 6.04. The molecule has 5 heteroatoms. The van der Waals surface area contributed by atoms with Gasteiger partial charge in [-0.15, -0.1) is 0 Å². The molecule has 6 rings (SSSR count). The van der Waals surface area contributed by atoms with Gasteiger partial charge in [0.25, 0.3) is 0 Å². The van der Waals surface area contributed by atoms with Gasteiger partial charge in [0.1, 0.15) is 11.4 Å². The number of methoxy groups -OCH3 is 1. The minimum Gasteiger partial charge on any atom is -0.494 e. The summed E-state index contributed by atoms with van der Waals surface area (Å²) in [6.45, 7) is 0. The second-order valence-corrected chi connectivity index (χ2v) is 9.21. The molecule has 4 saturated carbocycles. The van der Waals surface area contributed by atoms with Crippen LogP contribution in [0.2, 0.25) is 0 Å². The molecule has 5 aliphatic rings. The molecule has 0 aromatic heterocycles. The van der Waals surface area contributed by atoms with Crippen molar-refractivity contribution < 1.29 is 4.74 Å². The zero-order valence-corrected chi connectivity index (χ0v) is 15.5. The van der Waals surface area contributed by atoms with Gasteiger partial charge in [-0.25, -0.2) is 4.99 Å².